The van der Waals surface area contributed by atoms with E-state index < -0.39 is 28.3 Å². The van der Waals surface area contributed by atoms with Gasteiger partial charge in [0.2, 0.25) is 5.91 Å². The van der Waals surface area contributed by atoms with E-state index in [2.05, 4.69) is 10.5 Å². The van der Waals surface area contributed by atoms with Crippen LogP contribution in [0.4, 0.5) is 0 Å². The highest BCUT2D eigenvalue weighted by atomic mass is 32.2. The number of sulfone groups is 1. The molecule has 128 valence electrons. The number of nitrogens with zero attached hydrogens (tertiary/aromatic N) is 2. The molecule has 2 aliphatic rings. The summed E-state index contributed by atoms with van der Waals surface area (Å²) in [4.78, 5) is 36.3. The highest BCUT2D eigenvalue weighted by molar-refractivity contribution is 7.91. The lowest BCUT2D eigenvalue weighted by Gasteiger charge is -2.26. The highest BCUT2D eigenvalue weighted by Gasteiger charge is 2.34. The molecule has 10 heteroatoms. The van der Waals surface area contributed by atoms with E-state index in [1.165, 1.54) is 4.90 Å². The van der Waals surface area contributed by atoms with Gasteiger partial charge in [0.25, 0.3) is 5.91 Å². The molecule has 0 aromatic carbocycles. The Morgan fingerprint density at radius 3 is 2.65 bits per heavy atom. The topological polar surface area (TPSA) is 122 Å². The Hall–Kier alpha value is -1.97. The van der Waals surface area contributed by atoms with Gasteiger partial charge in [0.15, 0.2) is 16.4 Å². The van der Waals surface area contributed by atoms with Crippen molar-refractivity contribution in [2.24, 2.45) is 5.10 Å². The fourth-order valence-electron chi connectivity index (χ4n) is 2.57. The molecule has 1 fully saturated rings. The zero-order valence-electron chi connectivity index (χ0n) is 12.8. The normalized spacial score (nSPS) is 22.9. The van der Waals surface area contributed by atoms with E-state index in [0.29, 0.717) is 13.0 Å². The average Bonchev–Trinajstić information content (AvgIpc) is 2.86. The average molecular weight is 345 g/mol. The van der Waals surface area contributed by atoms with Gasteiger partial charge in [0.1, 0.15) is 5.71 Å². The molecule has 2 aliphatic heterocycles. The number of hydrogen-bond acceptors (Lipinski definition) is 7. The molecule has 2 amide bonds. The third-order valence-corrected chi connectivity index (χ3v) is 5.53. The summed E-state index contributed by atoms with van der Waals surface area (Å²) >= 11 is 0. The van der Waals surface area contributed by atoms with Gasteiger partial charge in [0, 0.05) is 25.4 Å². The molecule has 0 aromatic heterocycles. The number of carbonyl (C=O) groups is 3. The molecule has 0 spiro atoms. The van der Waals surface area contributed by atoms with E-state index in [4.69, 9.17) is 4.74 Å². The second kappa shape index (κ2) is 7.07. The van der Waals surface area contributed by atoms with Gasteiger partial charge in [-0.2, -0.15) is 5.10 Å². The SMILES string of the molecule is CCN(C(=O)COC(=O)C1=NNC(=O)CC1)C1CCS(=O)(=O)C1. The molecular weight excluding hydrogens is 326 g/mol. The van der Waals surface area contributed by atoms with Gasteiger partial charge in [-0.3, -0.25) is 9.59 Å². The van der Waals surface area contributed by atoms with Crippen LogP contribution in [-0.2, 0) is 29.0 Å². The van der Waals surface area contributed by atoms with Crippen LogP contribution in [0.25, 0.3) is 0 Å². The number of likely N-dealkylation sites (N-methyl/N-ethyl adjacent to an activating group) is 1. The van der Waals surface area contributed by atoms with Crippen molar-refractivity contribution in [2.75, 3.05) is 24.7 Å². The van der Waals surface area contributed by atoms with E-state index in [1.54, 1.807) is 6.92 Å². The van der Waals surface area contributed by atoms with E-state index >= 15 is 0 Å². The first-order valence-electron chi connectivity index (χ1n) is 7.35. The monoisotopic (exact) mass is 345 g/mol. The van der Waals surface area contributed by atoms with Crippen LogP contribution in [0.2, 0.25) is 0 Å². The molecule has 0 aliphatic carbocycles. The third-order valence-electron chi connectivity index (χ3n) is 3.78. The smallest absolute Gasteiger partial charge is 0.355 e. The number of carbonyl (C=O) groups excluding carboxylic acids is 3. The maximum absolute atomic E-state index is 12.2. The molecule has 1 unspecified atom stereocenters. The Balaban J connectivity index is 1.88. The number of ether oxygens (including phenoxy) is 1. The van der Waals surface area contributed by atoms with Crippen molar-refractivity contribution in [3.8, 4) is 0 Å². The lowest BCUT2D eigenvalue weighted by molar-refractivity contribution is -0.148. The first kappa shape index (κ1) is 17.4. The van der Waals surface area contributed by atoms with Crippen molar-refractivity contribution in [3.63, 3.8) is 0 Å². The van der Waals surface area contributed by atoms with E-state index in [9.17, 15) is 22.8 Å². The zero-order valence-corrected chi connectivity index (χ0v) is 13.6. The number of amides is 2. The van der Waals surface area contributed by atoms with Crippen molar-refractivity contribution in [2.45, 2.75) is 32.2 Å². The van der Waals surface area contributed by atoms with E-state index in [-0.39, 0.29) is 42.0 Å². The molecule has 0 aromatic rings. The zero-order chi connectivity index (χ0) is 17.0. The summed E-state index contributed by atoms with van der Waals surface area (Å²) in [7, 11) is -3.10. The van der Waals surface area contributed by atoms with E-state index in [0.717, 1.165) is 0 Å². The Labute approximate surface area is 134 Å². The molecule has 0 saturated carbocycles. The van der Waals surface area contributed by atoms with Gasteiger partial charge in [-0.1, -0.05) is 0 Å². The van der Waals surface area contributed by atoms with Gasteiger partial charge in [-0.15, -0.1) is 0 Å². The van der Waals surface area contributed by atoms with Gasteiger partial charge in [0.05, 0.1) is 11.5 Å². The standard InChI is InChI=1S/C13H19N3O6S/c1-2-16(9-5-6-23(20,21)8-9)12(18)7-22-13(19)10-3-4-11(17)15-14-10/h9H,2-8H2,1H3,(H,15,17). The van der Waals surface area contributed by atoms with E-state index in [1.807, 2.05) is 0 Å². The third kappa shape index (κ3) is 4.50. The molecule has 0 radical (unpaired) electrons. The van der Waals surface area contributed by atoms with Crippen molar-refractivity contribution < 1.29 is 27.5 Å². The minimum Gasteiger partial charge on any atom is -0.451 e. The summed E-state index contributed by atoms with van der Waals surface area (Å²) in [6, 6.07) is -0.373. The molecule has 23 heavy (non-hydrogen) atoms. The Kier molecular flexibility index (Phi) is 5.34. The second-order valence-electron chi connectivity index (χ2n) is 5.41. The van der Waals surface area contributed by atoms with Gasteiger partial charge in [-0.25, -0.2) is 18.6 Å². The highest BCUT2D eigenvalue weighted by Crippen LogP contribution is 2.17. The Bertz CT molecular complexity index is 642. The number of esters is 1. The molecule has 2 rings (SSSR count). The lowest BCUT2D eigenvalue weighted by Crippen LogP contribution is -2.43. The number of hydrogen-bond donors (Lipinski definition) is 1. The van der Waals surface area contributed by atoms with Crippen LogP contribution in [0.3, 0.4) is 0 Å². The van der Waals surface area contributed by atoms with Crippen molar-refractivity contribution in [1.82, 2.24) is 10.3 Å². The number of hydrazone groups is 1. The van der Waals surface area contributed by atoms with Crippen LogP contribution in [0.1, 0.15) is 26.2 Å². The maximum atomic E-state index is 12.2. The first-order chi connectivity index (χ1) is 10.8. The van der Waals surface area contributed by atoms with Crippen molar-refractivity contribution in [3.05, 3.63) is 0 Å². The Morgan fingerprint density at radius 1 is 1.39 bits per heavy atom. The van der Waals surface area contributed by atoms with Crippen LogP contribution in [0.15, 0.2) is 5.10 Å². The molecule has 0 bridgehead atoms. The summed E-state index contributed by atoms with van der Waals surface area (Å²) < 4.78 is 27.9. The summed E-state index contributed by atoms with van der Waals surface area (Å²) in [6.07, 6.45) is 0.703. The molecule has 1 saturated heterocycles. The largest absolute Gasteiger partial charge is 0.451 e. The summed E-state index contributed by atoms with van der Waals surface area (Å²) in [5.41, 5.74) is 2.23. The maximum Gasteiger partial charge on any atom is 0.355 e. The fraction of sp³-hybridized carbons (Fsp3) is 0.692. The van der Waals surface area contributed by atoms with Crippen LogP contribution >= 0.6 is 0 Å². The predicted molar refractivity (Wildman–Crippen MR) is 80.2 cm³/mol. The lowest BCUT2D eigenvalue weighted by atomic mass is 10.2. The van der Waals surface area contributed by atoms with Crippen LogP contribution in [0, 0.1) is 0 Å². The quantitative estimate of drug-likeness (QED) is 0.627. The predicted octanol–water partition coefficient (Wildman–Crippen LogP) is -1.17. The second-order valence-corrected chi connectivity index (χ2v) is 7.63. The van der Waals surface area contributed by atoms with Crippen LogP contribution in [-0.4, -0.2) is 67.5 Å². The fourth-order valence-corrected chi connectivity index (χ4v) is 4.30. The minimum absolute atomic E-state index is 0.0563. The summed E-state index contributed by atoms with van der Waals surface area (Å²) in [6.45, 7) is 1.61. The van der Waals surface area contributed by atoms with Gasteiger partial charge < -0.3 is 9.64 Å². The van der Waals surface area contributed by atoms with Crippen molar-refractivity contribution in [1.29, 1.82) is 0 Å². The van der Waals surface area contributed by atoms with Crippen molar-refractivity contribution >= 4 is 33.3 Å². The van der Waals surface area contributed by atoms with Gasteiger partial charge in [-0.05, 0) is 13.3 Å². The van der Waals surface area contributed by atoms with Crippen LogP contribution in [0.5, 0.6) is 0 Å². The summed E-state index contributed by atoms with van der Waals surface area (Å²) in [5, 5.41) is 3.59. The molecule has 1 N–H and O–H groups in total. The molecule has 2 heterocycles. The number of nitrogens with one attached hydrogen (secondary N) is 1. The minimum atomic E-state index is -3.10. The molecule has 9 nitrogen and oxygen atoms in total. The molecular formula is C13H19N3O6S. The number of rotatable bonds is 5. The first-order valence-corrected chi connectivity index (χ1v) is 9.17. The molecule has 1 atom stereocenters. The Morgan fingerprint density at radius 2 is 2.13 bits per heavy atom. The summed E-state index contributed by atoms with van der Waals surface area (Å²) in [5.74, 6) is -1.47. The van der Waals surface area contributed by atoms with Gasteiger partial charge >= 0.3 is 5.97 Å². The van der Waals surface area contributed by atoms with Crippen LogP contribution < -0.4 is 5.43 Å².